The molecule has 23 heavy (non-hydrogen) atoms. The van der Waals surface area contributed by atoms with Gasteiger partial charge in [-0.25, -0.2) is 0 Å². The summed E-state index contributed by atoms with van der Waals surface area (Å²) in [5.41, 5.74) is 0.983. The standard InChI is InChI=1S/C17H22N4O2/c1-2-8-18-14(4-1)12-22-15-5-3-9-21(10-15)11-16-19-17(23-20-16)13-6-7-13/h1-2,4,8,13,15H,3,5-7,9-12H2. The van der Waals surface area contributed by atoms with Crippen molar-refractivity contribution in [1.82, 2.24) is 20.0 Å². The molecule has 1 atom stereocenters. The molecular formula is C17H22N4O2. The van der Waals surface area contributed by atoms with E-state index in [0.29, 0.717) is 12.5 Å². The molecule has 3 heterocycles. The number of piperidine rings is 1. The third kappa shape index (κ3) is 3.95. The van der Waals surface area contributed by atoms with Crippen LogP contribution in [0.4, 0.5) is 0 Å². The van der Waals surface area contributed by atoms with Gasteiger partial charge in [-0.1, -0.05) is 11.2 Å². The summed E-state index contributed by atoms with van der Waals surface area (Å²) in [5, 5.41) is 4.11. The van der Waals surface area contributed by atoms with Crippen LogP contribution < -0.4 is 0 Å². The summed E-state index contributed by atoms with van der Waals surface area (Å²) in [6.45, 7) is 3.31. The molecule has 0 bridgehead atoms. The van der Waals surface area contributed by atoms with E-state index in [9.17, 15) is 0 Å². The highest BCUT2D eigenvalue weighted by Gasteiger charge is 2.30. The van der Waals surface area contributed by atoms with Gasteiger partial charge in [0.15, 0.2) is 5.82 Å². The molecule has 2 fully saturated rings. The highest BCUT2D eigenvalue weighted by Crippen LogP contribution is 2.38. The summed E-state index contributed by atoms with van der Waals surface area (Å²) >= 11 is 0. The lowest BCUT2D eigenvalue weighted by molar-refractivity contribution is -0.0139. The van der Waals surface area contributed by atoms with Crippen molar-refractivity contribution in [2.45, 2.75) is 50.9 Å². The Kier molecular flexibility index (Phi) is 4.35. The normalized spacial score (nSPS) is 22.3. The third-order valence-electron chi connectivity index (χ3n) is 4.43. The van der Waals surface area contributed by atoms with Crippen LogP contribution in [0.15, 0.2) is 28.9 Å². The van der Waals surface area contributed by atoms with Gasteiger partial charge in [-0.15, -0.1) is 0 Å². The van der Waals surface area contributed by atoms with Crippen LogP contribution in [0.2, 0.25) is 0 Å². The number of pyridine rings is 1. The second-order valence-corrected chi connectivity index (χ2v) is 6.45. The topological polar surface area (TPSA) is 64.3 Å². The maximum atomic E-state index is 6.02. The van der Waals surface area contributed by atoms with Gasteiger partial charge in [0.1, 0.15) is 0 Å². The van der Waals surface area contributed by atoms with Crippen LogP contribution in [0.5, 0.6) is 0 Å². The Balaban J connectivity index is 1.28. The van der Waals surface area contributed by atoms with Crippen LogP contribution in [0, 0.1) is 0 Å². The fraction of sp³-hybridized carbons (Fsp3) is 0.588. The van der Waals surface area contributed by atoms with Crippen LogP contribution in [0.1, 0.15) is 49.0 Å². The van der Waals surface area contributed by atoms with E-state index >= 15 is 0 Å². The van der Waals surface area contributed by atoms with E-state index in [1.54, 1.807) is 6.20 Å². The molecule has 2 aromatic rings. The minimum atomic E-state index is 0.251. The third-order valence-corrected chi connectivity index (χ3v) is 4.43. The summed E-state index contributed by atoms with van der Waals surface area (Å²) < 4.78 is 11.4. The van der Waals surface area contributed by atoms with Gasteiger partial charge in [0.2, 0.25) is 5.89 Å². The quantitative estimate of drug-likeness (QED) is 0.816. The summed E-state index contributed by atoms with van der Waals surface area (Å²) in [6.07, 6.45) is 6.67. The molecule has 122 valence electrons. The molecule has 4 rings (SSSR count). The van der Waals surface area contributed by atoms with Crippen molar-refractivity contribution in [3.05, 3.63) is 41.8 Å². The number of rotatable bonds is 6. The van der Waals surface area contributed by atoms with Gasteiger partial charge in [-0.2, -0.15) is 4.98 Å². The molecule has 0 N–H and O–H groups in total. The first kappa shape index (κ1) is 14.8. The molecule has 6 heteroatoms. The number of aromatic nitrogens is 3. The van der Waals surface area contributed by atoms with E-state index in [1.165, 1.54) is 12.8 Å². The minimum absolute atomic E-state index is 0.251. The largest absolute Gasteiger partial charge is 0.371 e. The molecule has 0 spiro atoms. The lowest BCUT2D eigenvalue weighted by Crippen LogP contribution is -2.39. The molecule has 1 aliphatic carbocycles. The van der Waals surface area contributed by atoms with E-state index in [2.05, 4.69) is 20.0 Å². The Morgan fingerprint density at radius 3 is 3.04 bits per heavy atom. The number of nitrogens with zero attached hydrogens (tertiary/aromatic N) is 4. The second-order valence-electron chi connectivity index (χ2n) is 6.45. The van der Waals surface area contributed by atoms with Crippen LogP contribution in [-0.4, -0.2) is 39.2 Å². The molecule has 6 nitrogen and oxygen atoms in total. The number of hydrogen-bond donors (Lipinski definition) is 0. The fourth-order valence-corrected chi connectivity index (χ4v) is 3.01. The molecule has 1 unspecified atom stereocenters. The monoisotopic (exact) mass is 314 g/mol. The Labute approximate surface area is 135 Å². The van der Waals surface area contributed by atoms with Gasteiger partial charge in [0.25, 0.3) is 0 Å². The molecule has 1 saturated carbocycles. The van der Waals surface area contributed by atoms with E-state index in [0.717, 1.165) is 49.9 Å². The predicted octanol–water partition coefficient (Wildman–Crippen LogP) is 2.52. The summed E-state index contributed by atoms with van der Waals surface area (Å²) in [7, 11) is 0. The molecule has 1 saturated heterocycles. The van der Waals surface area contributed by atoms with Crippen molar-refractivity contribution in [2.24, 2.45) is 0 Å². The minimum Gasteiger partial charge on any atom is -0.371 e. The average molecular weight is 314 g/mol. The Morgan fingerprint density at radius 1 is 1.26 bits per heavy atom. The first-order valence-corrected chi connectivity index (χ1v) is 8.43. The van der Waals surface area contributed by atoms with E-state index in [-0.39, 0.29) is 6.10 Å². The van der Waals surface area contributed by atoms with Crippen molar-refractivity contribution in [3.8, 4) is 0 Å². The maximum Gasteiger partial charge on any atom is 0.229 e. The Hall–Kier alpha value is -1.79. The summed E-state index contributed by atoms with van der Waals surface area (Å²) in [5.74, 6) is 2.14. The van der Waals surface area contributed by atoms with Crippen LogP contribution in [0.3, 0.4) is 0 Å². The molecule has 0 amide bonds. The van der Waals surface area contributed by atoms with Crippen molar-refractivity contribution in [3.63, 3.8) is 0 Å². The zero-order valence-corrected chi connectivity index (χ0v) is 13.2. The predicted molar refractivity (Wildman–Crippen MR) is 83.6 cm³/mol. The number of ether oxygens (including phenoxy) is 1. The van der Waals surface area contributed by atoms with E-state index < -0.39 is 0 Å². The first-order valence-electron chi connectivity index (χ1n) is 8.43. The smallest absolute Gasteiger partial charge is 0.229 e. The first-order chi connectivity index (χ1) is 11.4. The molecular weight excluding hydrogens is 292 g/mol. The second kappa shape index (κ2) is 6.76. The average Bonchev–Trinajstić information content (AvgIpc) is 3.34. The summed E-state index contributed by atoms with van der Waals surface area (Å²) in [6, 6.07) is 5.92. The van der Waals surface area contributed by atoms with Gasteiger partial charge in [-0.05, 0) is 44.4 Å². The highest BCUT2D eigenvalue weighted by atomic mass is 16.5. The van der Waals surface area contributed by atoms with Crippen LogP contribution >= 0.6 is 0 Å². The van der Waals surface area contributed by atoms with Gasteiger partial charge < -0.3 is 9.26 Å². The van der Waals surface area contributed by atoms with Gasteiger partial charge in [0, 0.05) is 18.7 Å². The van der Waals surface area contributed by atoms with Crippen molar-refractivity contribution in [1.29, 1.82) is 0 Å². The van der Waals surface area contributed by atoms with Gasteiger partial charge >= 0.3 is 0 Å². The number of likely N-dealkylation sites (tertiary alicyclic amines) is 1. The van der Waals surface area contributed by atoms with E-state index in [4.69, 9.17) is 9.26 Å². The number of hydrogen-bond acceptors (Lipinski definition) is 6. The zero-order valence-electron chi connectivity index (χ0n) is 13.2. The maximum absolute atomic E-state index is 6.02. The molecule has 0 radical (unpaired) electrons. The van der Waals surface area contributed by atoms with Crippen molar-refractivity contribution >= 4 is 0 Å². The highest BCUT2D eigenvalue weighted by molar-refractivity contribution is 5.03. The molecule has 2 aromatic heterocycles. The van der Waals surface area contributed by atoms with Gasteiger partial charge in [0.05, 0.1) is 24.9 Å². The fourth-order valence-electron chi connectivity index (χ4n) is 3.01. The van der Waals surface area contributed by atoms with Crippen molar-refractivity contribution < 1.29 is 9.26 Å². The molecule has 1 aliphatic heterocycles. The SMILES string of the molecule is c1ccc(COC2CCCN(Cc3noc(C4CC4)n3)C2)nc1. The zero-order chi connectivity index (χ0) is 15.5. The molecule has 0 aromatic carbocycles. The summed E-state index contributed by atoms with van der Waals surface area (Å²) in [4.78, 5) is 11.2. The Bertz CT molecular complexity index is 627. The van der Waals surface area contributed by atoms with Gasteiger partial charge in [-0.3, -0.25) is 9.88 Å². The molecule has 2 aliphatic rings. The van der Waals surface area contributed by atoms with Crippen molar-refractivity contribution in [2.75, 3.05) is 13.1 Å². The van der Waals surface area contributed by atoms with Crippen LogP contribution in [-0.2, 0) is 17.9 Å². The lowest BCUT2D eigenvalue weighted by Gasteiger charge is -2.31. The Morgan fingerprint density at radius 2 is 2.22 bits per heavy atom. The lowest BCUT2D eigenvalue weighted by atomic mass is 10.1. The van der Waals surface area contributed by atoms with E-state index in [1.807, 2.05) is 18.2 Å². The van der Waals surface area contributed by atoms with Crippen LogP contribution in [0.25, 0.3) is 0 Å².